The Balaban J connectivity index is 1.64. The fraction of sp³-hybridized carbons (Fsp3) is 0.333. The van der Waals surface area contributed by atoms with E-state index in [1.165, 1.54) is 43.5 Å². The summed E-state index contributed by atoms with van der Waals surface area (Å²) in [7, 11) is 4.83. The number of piperazine rings is 1. The number of fused-ring (bicyclic) bond motifs is 1. The molecular weight excluding hydrogens is 561 g/mol. The first-order valence-corrected chi connectivity index (χ1v) is 14.3. The highest BCUT2D eigenvalue weighted by molar-refractivity contribution is 7.21. The number of thiophene rings is 1. The highest BCUT2D eigenvalue weighted by atomic mass is 32.1. The van der Waals surface area contributed by atoms with Gasteiger partial charge in [-0.2, -0.15) is 0 Å². The average molecular weight is 594 g/mol. The van der Waals surface area contributed by atoms with Crippen LogP contribution in [0.4, 0.5) is 21.7 Å². The summed E-state index contributed by atoms with van der Waals surface area (Å²) in [5.41, 5.74) is 2.46. The number of aromatic nitrogens is 2. The van der Waals surface area contributed by atoms with Crippen molar-refractivity contribution < 1.29 is 28.2 Å². The zero-order valence-electron chi connectivity index (χ0n) is 24.1. The molecule has 10 nitrogen and oxygen atoms in total. The number of ether oxygens (including phenoxy) is 3. The summed E-state index contributed by atoms with van der Waals surface area (Å²) >= 11 is 1.11. The van der Waals surface area contributed by atoms with E-state index in [4.69, 9.17) is 19.2 Å². The molecule has 1 amide bonds. The van der Waals surface area contributed by atoms with Gasteiger partial charge in [-0.15, -0.1) is 11.3 Å². The van der Waals surface area contributed by atoms with Crippen LogP contribution in [0.25, 0.3) is 21.3 Å². The van der Waals surface area contributed by atoms with Gasteiger partial charge in [0.1, 0.15) is 22.2 Å². The zero-order chi connectivity index (χ0) is 30.0. The number of rotatable bonds is 9. The molecule has 0 unspecified atom stereocenters. The van der Waals surface area contributed by atoms with Crippen molar-refractivity contribution in [1.82, 2.24) is 14.9 Å². The van der Waals surface area contributed by atoms with Gasteiger partial charge in [-0.25, -0.2) is 24.1 Å². The molecule has 220 valence electrons. The minimum atomic E-state index is -0.611. The van der Waals surface area contributed by atoms with Crippen LogP contribution < -0.4 is 19.3 Å². The monoisotopic (exact) mass is 593 g/mol. The molecule has 5 rings (SSSR count). The smallest absolute Gasteiger partial charge is 0.348 e. The maximum atomic E-state index is 14.4. The maximum Gasteiger partial charge on any atom is 0.348 e. The molecule has 1 aliphatic heterocycles. The third-order valence-electron chi connectivity index (χ3n) is 6.97. The summed E-state index contributed by atoms with van der Waals surface area (Å²) in [4.78, 5) is 40.6. The van der Waals surface area contributed by atoms with Crippen molar-refractivity contribution in [1.29, 1.82) is 0 Å². The molecule has 12 heteroatoms. The van der Waals surface area contributed by atoms with Crippen LogP contribution in [0, 0.1) is 5.82 Å². The molecular formula is C30H32FN5O5S. The van der Waals surface area contributed by atoms with Gasteiger partial charge in [-0.1, -0.05) is 0 Å². The minimum absolute atomic E-state index is 0.0595. The maximum absolute atomic E-state index is 14.4. The van der Waals surface area contributed by atoms with Gasteiger partial charge in [-0.3, -0.25) is 4.79 Å². The Hall–Kier alpha value is -4.29. The van der Waals surface area contributed by atoms with E-state index in [1.54, 1.807) is 0 Å². The van der Waals surface area contributed by atoms with Crippen LogP contribution in [-0.2, 0) is 9.53 Å². The quantitative estimate of drug-likeness (QED) is 0.193. The summed E-state index contributed by atoms with van der Waals surface area (Å²) in [6.45, 7) is 7.48. The number of anilines is 3. The van der Waals surface area contributed by atoms with E-state index in [1.807, 2.05) is 32.0 Å². The number of carbonyl (C=O) groups is 2. The molecule has 2 aromatic carbocycles. The standard InChI is InChI=1S/C30H32FN5O5S/c1-18(2)41-24-15-20(35-12-10-34(3)11-13-35)7-8-22(24)36(17-37)30-32-16-25-27(33-30)26(28(42-25)29(38)40-5)21-14-19(31)6-9-23(21)39-4/h6-9,14-18H,10-13H2,1-5H3. The minimum Gasteiger partial charge on any atom is -0.496 e. The van der Waals surface area contributed by atoms with Gasteiger partial charge >= 0.3 is 5.97 Å². The van der Waals surface area contributed by atoms with E-state index in [9.17, 15) is 14.0 Å². The second kappa shape index (κ2) is 12.3. The van der Waals surface area contributed by atoms with Crippen molar-refractivity contribution in [2.75, 3.05) is 57.2 Å². The second-order valence-corrected chi connectivity index (χ2v) is 11.2. The molecule has 0 saturated carbocycles. The van der Waals surface area contributed by atoms with Crippen LogP contribution in [0.3, 0.4) is 0 Å². The summed E-state index contributed by atoms with van der Waals surface area (Å²) in [6.07, 6.45) is 1.99. The number of nitrogens with zero attached hydrogens (tertiary/aromatic N) is 5. The van der Waals surface area contributed by atoms with Gasteiger partial charge in [0.05, 0.1) is 42.4 Å². The Morgan fingerprint density at radius 3 is 2.52 bits per heavy atom. The lowest BCUT2D eigenvalue weighted by Crippen LogP contribution is -2.44. The van der Waals surface area contributed by atoms with Gasteiger partial charge in [0, 0.05) is 49.1 Å². The van der Waals surface area contributed by atoms with Gasteiger partial charge in [0.2, 0.25) is 12.4 Å². The van der Waals surface area contributed by atoms with Crippen LogP contribution in [0.5, 0.6) is 11.5 Å². The van der Waals surface area contributed by atoms with Gasteiger partial charge in [0.25, 0.3) is 0 Å². The van der Waals surface area contributed by atoms with E-state index >= 15 is 0 Å². The third kappa shape index (κ3) is 5.72. The largest absolute Gasteiger partial charge is 0.496 e. The van der Waals surface area contributed by atoms with Crippen molar-refractivity contribution in [2.45, 2.75) is 20.0 Å². The number of benzene rings is 2. The van der Waals surface area contributed by atoms with Crippen molar-refractivity contribution in [2.24, 2.45) is 0 Å². The number of likely N-dealkylation sites (N-methyl/N-ethyl adjacent to an activating group) is 1. The Morgan fingerprint density at radius 2 is 1.86 bits per heavy atom. The van der Waals surface area contributed by atoms with Crippen LogP contribution >= 0.6 is 11.3 Å². The molecule has 2 aromatic heterocycles. The van der Waals surface area contributed by atoms with Gasteiger partial charge in [0.15, 0.2) is 0 Å². The number of hydrogen-bond donors (Lipinski definition) is 0. The fourth-order valence-electron chi connectivity index (χ4n) is 4.88. The first kappa shape index (κ1) is 29.2. The Kier molecular flexibility index (Phi) is 8.55. The summed E-state index contributed by atoms with van der Waals surface area (Å²) in [5, 5.41) is 0. The van der Waals surface area contributed by atoms with E-state index in [0.717, 1.165) is 43.2 Å². The molecule has 0 aliphatic carbocycles. The average Bonchev–Trinajstić information content (AvgIpc) is 3.36. The van der Waals surface area contributed by atoms with Crippen LogP contribution in [0.2, 0.25) is 0 Å². The molecule has 0 atom stereocenters. The SMILES string of the molecule is COC(=O)c1sc2cnc(N(C=O)c3ccc(N4CCN(C)CC4)cc3OC(C)C)nc2c1-c1cc(F)ccc1OC. The van der Waals surface area contributed by atoms with Crippen molar-refractivity contribution in [3.63, 3.8) is 0 Å². The number of methoxy groups -OCH3 is 2. The van der Waals surface area contributed by atoms with Crippen LogP contribution in [0.1, 0.15) is 23.5 Å². The summed E-state index contributed by atoms with van der Waals surface area (Å²) in [5.74, 6) is -0.212. The molecule has 1 aliphatic rings. The lowest BCUT2D eigenvalue weighted by molar-refractivity contribution is -0.106. The number of hydrogen-bond acceptors (Lipinski definition) is 10. The van der Waals surface area contributed by atoms with Crippen molar-refractivity contribution in [3.8, 4) is 22.6 Å². The van der Waals surface area contributed by atoms with E-state index in [2.05, 4.69) is 21.8 Å². The highest BCUT2D eigenvalue weighted by Gasteiger charge is 2.27. The number of carbonyl (C=O) groups excluding carboxylic acids is 2. The zero-order valence-corrected chi connectivity index (χ0v) is 24.9. The van der Waals surface area contributed by atoms with Gasteiger partial charge < -0.3 is 24.0 Å². The molecule has 42 heavy (non-hydrogen) atoms. The second-order valence-electron chi connectivity index (χ2n) is 10.1. The first-order chi connectivity index (χ1) is 20.2. The molecule has 0 radical (unpaired) electrons. The van der Waals surface area contributed by atoms with E-state index in [0.29, 0.717) is 44.9 Å². The molecule has 0 spiro atoms. The molecule has 1 saturated heterocycles. The Morgan fingerprint density at radius 1 is 1.10 bits per heavy atom. The number of halogens is 1. The summed E-state index contributed by atoms with van der Waals surface area (Å²) in [6, 6.07) is 9.72. The first-order valence-electron chi connectivity index (χ1n) is 13.4. The van der Waals surface area contributed by atoms with Gasteiger partial charge in [-0.05, 0) is 51.2 Å². The van der Waals surface area contributed by atoms with Crippen LogP contribution in [-0.4, -0.2) is 80.8 Å². The topological polar surface area (TPSA) is 97.3 Å². The highest BCUT2D eigenvalue weighted by Crippen LogP contribution is 2.43. The van der Waals surface area contributed by atoms with E-state index in [-0.39, 0.29) is 16.9 Å². The molecule has 0 bridgehead atoms. The molecule has 1 fully saturated rings. The van der Waals surface area contributed by atoms with E-state index < -0.39 is 11.8 Å². The predicted molar refractivity (Wildman–Crippen MR) is 161 cm³/mol. The number of amides is 1. The lowest BCUT2D eigenvalue weighted by atomic mass is 10.0. The van der Waals surface area contributed by atoms with Crippen LogP contribution in [0.15, 0.2) is 42.6 Å². The molecule has 3 heterocycles. The van der Waals surface area contributed by atoms with Crippen molar-refractivity contribution in [3.05, 3.63) is 53.3 Å². The number of esters is 1. The van der Waals surface area contributed by atoms with Crippen molar-refractivity contribution >= 4 is 51.3 Å². The lowest BCUT2D eigenvalue weighted by Gasteiger charge is -2.34. The molecule has 0 N–H and O–H groups in total. The predicted octanol–water partition coefficient (Wildman–Crippen LogP) is 5.13. The molecule has 4 aromatic rings. The Bertz CT molecular complexity index is 1620. The Labute approximate surface area is 247 Å². The fourth-order valence-corrected chi connectivity index (χ4v) is 5.93. The summed E-state index contributed by atoms with van der Waals surface area (Å²) < 4.78 is 31.7. The third-order valence-corrected chi connectivity index (χ3v) is 8.07. The normalized spacial score (nSPS) is 13.8.